The van der Waals surface area contributed by atoms with Crippen molar-refractivity contribution in [1.82, 2.24) is 19.6 Å². The first kappa shape index (κ1) is 22.6. The van der Waals surface area contributed by atoms with E-state index in [1.54, 1.807) is 12.1 Å². The Bertz CT molecular complexity index is 1190. The second-order valence-corrected chi connectivity index (χ2v) is 9.95. The molecule has 0 atom stereocenters. The molecule has 1 aromatic heterocycles. The normalized spacial score (nSPS) is 15.2. The highest BCUT2D eigenvalue weighted by atomic mass is 32.2. The zero-order chi connectivity index (χ0) is 22.7. The van der Waals surface area contributed by atoms with Crippen LogP contribution in [0.25, 0.3) is 11.0 Å². The van der Waals surface area contributed by atoms with Crippen molar-refractivity contribution < 1.29 is 26.7 Å². The van der Waals surface area contributed by atoms with Crippen LogP contribution >= 0.6 is 11.8 Å². The minimum absolute atomic E-state index is 0.0499. The number of aromatic amines is 1. The van der Waals surface area contributed by atoms with Crippen LogP contribution in [-0.2, 0) is 26.1 Å². The number of hydrogen-bond donors (Lipinski definition) is 2. The van der Waals surface area contributed by atoms with Gasteiger partial charge in [0, 0.05) is 31.8 Å². The van der Waals surface area contributed by atoms with E-state index in [1.165, 1.54) is 16.4 Å². The van der Waals surface area contributed by atoms with Gasteiger partial charge in [0.1, 0.15) is 0 Å². The van der Waals surface area contributed by atoms with E-state index in [0.29, 0.717) is 37.0 Å². The van der Waals surface area contributed by atoms with E-state index in [0.717, 1.165) is 29.5 Å². The fourth-order valence-electron chi connectivity index (χ4n) is 3.15. The van der Waals surface area contributed by atoms with Gasteiger partial charge in [0.25, 0.3) is 0 Å². The third-order valence-electron chi connectivity index (χ3n) is 4.86. The Morgan fingerprint density at radius 2 is 1.84 bits per heavy atom. The van der Waals surface area contributed by atoms with Crippen molar-refractivity contribution in [2.45, 2.75) is 16.6 Å². The lowest BCUT2D eigenvalue weighted by atomic mass is 10.2. The van der Waals surface area contributed by atoms with Crippen molar-refractivity contribution in [3.05, 3.63) is 53.6 Å². The monoisotopic (exact) mass is 482 g/mol. The first-order chi connectivity index (χ1) is 15.3. The van der Waals surface area contributed by atoms with Crippen LogP contribution in [0.4, 0.5) is 8.78 Å². The lowest BCUT2D eigenvalue weighted by molar-refractivity contribution is -0.118. The highest BCUT2D eigenvalue weighted by Gasteiger charge is 2.26. The number of morpholine rings is 1. The highest BCUT2D eigenvalue weighted by molar-refractivity contribution is 7.99. The molecule has 3 aromatic rings. The van der Waals surface area contributed by atoms with Gasteiger partial charge in [-0.1, -0.05) is 23.9 Å². The molecule has 0 unspecified atom stereocenters. The van der Waals surface area contributed by atoms with Gasteiger partial charge in [0.05, 0.1) is 34.9 Å². The molecule has 1 amide bonds. The number of rotatable bonds is 7. The number of sulfonamides is 1. The predicted octanol–water partition coefficient (Wildman–Crippen LogP) is 2.27. The van der Waals surface area contributed by atoms with E-state index in [2.05, 4.69) is 15.3 Å². The summed E-state index contributed by atoms with van der Waals surface area (Å²) in [7, 11) is -3.56. The second-order valence-electron chi connectivity index (χ2n) is 7.05. The number of thioether (sulfide) groups is 1. The fraction of sp³-hybridized carbons (Fsp3) is 0.300. The van der Waals surface area contributed by atoms with Crippen LogP contribution in [0.3, 0.4) is 0 Å². The molecule has 32 heavy (non-hydrogen) atoms. The van der Waals surface area contributed by atoms with Gasteiger partial charge >= 0.3 is 0 Å². The SMILES string of the molecule is O=C(CSc1nc2cc(F)c(F)cc2[nH]1)NCc1ccc(S(=O)(=O)N2CCOCC2)cc1. The van der Waals surface area contributed by atoms with Gasteiger partial charge < -0.3 is 15.0 Å². The van der Waals surface area contributed by atoms with Crippen molar-refractivity contribution >= 4 is 38.7 Å². The quantitative estimate of drug-likeness (QED) is 0.501. The number of nitrogens with zero attached hydrogens (tertiary/aromatic N) is 2. The van der Waals surface area contributed by atoms with Gasteiger partial charge in [-0.3, -0.25) is 4.79 Å². The molecule has 0 aliphatic carbocycles. The van der Waals surface area contributed by atoms with Crippen LogP contribution in [-0.4, -0.2) is 60.7 Å². The van der Waals surface area contributed by atoms with Gasteiger partial charge in [-0.05, 0) is 17.7 Å². The number of ether oxygens (including phenoxy) is 1. The van der Waals surface area contributed by atoms with Gasteiger partial charge in [-0.2, -0.15) is 4.31 Å². The summed E-state index contributed by atoms with van der Waals surface area (Å²) in [6.45, 7) is 1.64. The maximum Gasteiger partial charge on any atom is 0.243 e. The Morgan fingerprint density at radius 1 is 1.16 bits per heavy atom. The number of nitrogens with one attached hydrogen (secondary N) is 2. The average Bonchev–Trinajstić information content (AvgIpc) is 3.19. The Morgan fingerprint density at radius 3 is 2.56 bits per heavy atom. The first-order valence-electron chi connectivity index (χ1n) is 9.74. The third-order valence-corrected chi connectivity index (χ3v) is 7.65. The van der Waals surface area contributed by atoms with Crippen LogP contribution in [0.1, 0.15) is 5.56 Å². The van der Waals surface area contributed by atoms with E-state index in [4.69, 9.17) is 4.74 Å². The molecule has 1 fully saturated rings. The minimum Gasteiger partial charge on any atom is -0.379 e. The van der Waals surface area contributed by atoms with Crippen molar-refractivity contribution in [2.24, 2.45) is 0 Å². The lowest BCUT2D eigenvalue weighted by Crippen LogP contribution is -2.40. The number of hydrogen-bond acceptors (Lipinski definition) is 6. The smallest absolute Gasteiger partial charge is 0.243 e. The second kappa shape index (κ2) is 9.53. The molecule has 2 aromatic carbocycles. The molecule has 0 radical (unpaired) electrons. The van der Waals surface area contributed by atoms with E-state index >= 15 is 0 Å². The predicted molar refractivity (Wildman–Crippen MR) is 115 cm³/mol. The largest absolute Gasteiger partial charge is 0.379 e. The van der Waals surface area contributed by atoms with E-state index in [-0.39, 0.29) is 28.6 Å². The molecule has 12 heteroatoms. The molecule has 2 heterocycles. The maximum atomic E-state index is 13.3. The average molecular weight is 483 g/mol. The van der Waals surface area contributed by atoms with Crippen LogP contribution in [0.2, 0.25) is 0 Å². The van der Waals surface area contributed by atoms with Crippen molar-refractivity contribution in [3.8, 4) is 0 Å². The van der Waals surface area contributed by atoms with E-state index < -0.39 is 21.7 Å². The minimum atomic E-state index is -3.56. The van der Waals surface area contributed by atoms with Gasteiger partial charge in [-0.15, -0.1) is 0 Å². The van der Waals surface area contributed by atoms with Crippen LogP contribution in [0.5, 0.6) is 0 Å². The van der Waals surface area contributed by atoms with Gasteiger partial charge in [-0.25, -0.2) is 22.2 Å². The fourth-order valence-corrected chi connectivity index (χ4v) is 5.27. The first-order valence-corrected chi connectivity index (χ1v) is 12.2. The summed E-state index contributed by atoms with van der Waals surface area (Å²) in [6.07, 6.45) is 0. The van der Waals surface area contributed by atoms with Crippen molar-refractivity contribution in [3.63, 3.8) is 0 Å². The number of benzene rings is 2. The Kier molecular flexibility index (Phi) is 6.74. The number of halogens is 2. The Labute approximate surface area is 187 Å². The molecule has 2 N–H and O–H groups in total. The molecule has 4 rings (SSSR count). The lowest BCUT2D eigenvalue weighted by Gasteiger charge is -2.26. The summed E-state index contributed by atoms with van der Waals surface area (Å²) in [6, 6.07) is 8.37. The maximum absolute atomic E-state index is 13.3. The van der Waals surface area contributed by atoms with E-state index in [9.17, 15) is 22.0 Å². The third kappa shape index (κ3) is 5.09. The highest BCUT2D eigenvalue weighted by Crippen LogP contribution is 2.22. The molecular weight excluding hydrogens is 462 g/mol. The van der Waals surface area contributed by atoms with Crippen molar-refractivity contribution in [1.29, 1.82) is 0 Å². The van der Waals surface area contributed by atoms with Crippen molar-refractivity contribution in [2.75, 3.05) is 32.1 Å². The summed E-state index contributed by atoms with van der Waals surface area (Å²) < 4.78 is 58.4. The topological polar surface area (TPSA) is 104 Å². The molecule has 170 valence electrons. The molecule has 0 spiro atoms. The standard InChI is InChI=1S/C20H20F2N4O4S2/c21-15-9-17-18(10-16(15)22)25-20(24-17)31-12-19(27)23-11-13-1-3-14(4-2-13)32(28,29)26-5-7-30-8-6-26/h1-4,9-10H,5-8,11-12H2,(H,23,27)(H,24,25). The molecule has 1 aliphatic heterocycles. The summed E-state index contributed by atoms with van der Waals surface area (Å²) in [5.74, 6) is -2.17. The Balaban J connectivity index is 1.29. The number of aromatic nitrogens is 2. The van der Waals surface area contributed by atoms with Crippen LogP contribution in [0.15, 0.2) is 46.5 Å². The van der Waals surface area contributed by atoms with Gasteiger partial charge in [0.15, 0.2) is 16.8 Å². The summed E-state index contributed by atoms with van der Waals surface area (Å²) in [5, 5.41) is 3.12. The molecule has 8 nitrogen and oxygen atoms in total. The number of carbonyl (C=O) groups excluding carboxylic acids is 1. The van der Waals surface area contributed by atoms with Gasteiger partial charge in [0.2, 0.25) is 15.9 Å². The Hall–Kier alpha value is -2.54. The van der Waals surface area contributed by atoms with E-state index in [1.807, 2.05) is 0 Å². The number of amides is 1. The summed E-state index contributed by atoms with van der Waals surface area (Å²) in [4.78, 5) is 19.3. The zero-order valence-electron chi connectivity index (χ0n) is 16.8. The molecular formula is C20H20F2N4O4S2. The number of fused-ring (bicyclic) bond motifs is 1. The summed E-state index contributed by atoms with van der Waals surface area (Å²) >= 11 is 1.10. The number of carbonyl (C=O) groups is 1. The van der Waals surface area contributed by atoms with Crippen LogP contribution < -0.4 is 5.32 Å². The number of H-pyrrole nitrogens is 1. The molecule has 0 saturated carbocycles. The zero-order valence-corrected chi connectivity index (χ0v) is 18.4. The molecule has 0 bridgehead atoms. The van der Waals surface area contributed by atoms with Crippen LogP contribution in [0, 0.1) is 11.6 Å². The number of imidazole rings is 1. The molecule has 1 saturated heterocycles. The summed E-state index contributed by atoms with van der Waals surface area (Å²) in [5.41, 5.74) is 1.37. The molecule has 1 aliphatic rings.